The fourth-order valence-electron chi connectivity index (χ4n) is 1.85. The van der Waals surface area contributed by atoms with Crippen LogP contribution in [0, 0.1) is 0 Å². The van der Waals surface area contributed by atoms with Crippen molar-refractivity contribution in [1.29, 1.82) is 0 Å². The van der Waals surface area contributed by atoms with E-state index in [1.54, 1.807) is 6.07 Å². The molecule has 7 nitrogen and oxygen atoms in total. The Labute approximate surface area is 130 Å². The van der Waals surface area contributed by atoms with Gasteiger partial charge in [0.25, 0.3) is 10.0 Å². The molecular formula is C14H20N4O3S. The smallest absolute Gasteiger partial charge is 0.259 e. The predicted molar refractivity (Wildman–Crippen MR) is 82.0 cm³/mol. The van der Waals surface area contributed by atoms with Crippen LogP contribution in [-0.2, 0) is 21.9 Å². The molecule has 0 bridgehead atoms. The van der Waals surface area contributed by atoms with Crippen molar-refractivity contribution in [3.05, 3.63) is 29.7 Å². The van der Waals surface area contributed by atoms with Crippen LogP contribution < -0.4 is 4.72 Å². The third-order valence-electron chi connectivity index (χ3n) is 3.09. The molecule has 0 saturated carbocycles. The summed E-state index contributed by atoms with van der Waals surface area (Å²) in [5, 5.41) is 7.31. The highest BCUT2D eigenvalue weighted by atomic mass is 32.2. The first-order valence-corrected chi connectivity index (χ1v) is 8.53. The van der Waals surface area contributed by atoms with E-state index in [9.17, 15) is 8.42 Å². The molecule has 120 valence electrons. The normalized spacial score (nSPS) is 12.4. The summed E-state index contributed by atoms with van der Waals surface area (Å²) in [5.41, 5.74) is 1.17. The minimum absolute atomic E-state index is 0.0750. The van der Waals surface area contributed by atoms with Crippen LogP contribution in [0.5, 0.6) is 0 Å². The first-order chi connectivity index (χ1) is 10.2. The van der Waals surface area contributed by atoms with Crippen molar-refractivity contribution < 1.29 is 13.0 Å². The molecule has 8 heteroatoms. The van der Waals surface area contributed by atoms with E-state index >= 15 is 0 Å². The standard InChI is InChI=1S/C14H20N4O3S/c1-5-6-11-13(17-21-16-11)18-22(19,20)10-7-8-12(15-9-10)14(2,3)4/h7-9H,5-6H2,1-4H3,(H,17,18). The zero-order valence-corrected chi connectivity index (χ0v) is 13.9. The van der Waals surface area contributed by atoms with Gasteiger partial charge in [0, 0.05) is 17.3 Å². The Morgan fingerprint density at radius 1 is 1.23 bits per heavy atom. The Kier molecular flexibility index (Phi) is 4.50. The van der Waals surface area contributed by atoms with Gasteiger partial charge in [0.05, 0.1) is 0 Å². The molecule has 0 aliphatic rings. The second-order valence-corrected chi connectivity index (χ2v) is 7.73. The van der Waals surface area contributed by atoms with E-state index in [2.05, 4.69) is 24.6 Å². The van der Waals surface area contributed by atoms with Gasteiger partial charge in [-0.05, 0) is 23.7 Å². The van der Waals surface area contributed by atoms with E-state index in [1.807, 2.05) is 27.7 Å². The lowest BCUT2D eigenvalue weighted by Gasteiger charge is -2.17. The Hall–Kier alpha value is -1.96. The lowest BCUT2D eigenvalue weighted by molar-refractivity contribution is 0.304. The third kappa shape index (κ3) is 3.62. The summed E-state index contributed by atoms with van der Waals surface area (Å²) in [5.74, 6) is 0.127. The maximum Gasteiger partial charge on any atom is 0.264 e. The maximum absolute atomic E-state index is 12.4. The summed E-state index contributed by atoms with van der Waals surface area (Å²) in [7, 11) is -3.76. The van der Waals surface area contributed by atoms with E-state index in [-0.39, 0.29) is 16.1 Å². The Morgan fingerprint density at radius 3 is 2.50 bits per heavy atom. The SMILES string of the molecule is CCCc1nonc1NS(=O)(=O)c1ccc(C(C)(C)C)nc1. The van der Waals surface area contributed by atoms with Crippen LogP contribution in [0.4, 0.5) is 5.82 Å². The van der Waals surface area contributed by atoms with Crippen LogP contribution in [-0.4, -0.2) is 23.7 Å². The van der Waals surface area contributed by atoms with E-state index in [0.29, 0.717) is 12.1 Å². The Bertz CT molecular complexity index is 730. The molecule has 0 amide bonds. The molecule has 0 spiro atoms. The minimum atomic E-state index is -3.76. The van der Waals surface area contributed by atoms with Crippen molar-refractivity contribution in [1.82, 2.24) is 15.3 Å². The number of pyridine rings is 1. The van der Waals surface area contributed by atoms with Crippen molar-refractivity contribution in [2.24, 2.45) is 0 Å². The molecule has 0 aliphatic heterocycles. The molecule has 1 N–H and O–H groups in total. The van der Waals surface area contributed by atoms with Crippen molar-refractivity contribution in [2.45, 2.75) is 50.8 Å². The Morgan fingerprint density at radius 2 is 1.95 bits per heavy atom. The number of rotatable bonds is 5. The number of aryl methyl sites for hydroxylation is 1. The number of nitrogens with zero attached hydrogens (tertiary/aromatic N) is 3. The van der Waals surface area contributed by atoms with Gasteiger partial charge in [0.15, 0.2) is 0 Å². The second-order valence-electron chi connectivity index (χ2n) is 6.04. The highest BCUT2D eigenvalue weighted by molar-refractivity contribution is 7.92. The zero-order valence-electron chi connectivity index (χ0n) is 13.1. The van der Waals surface area contributed by atoms with E-state index < -0.39 is 10.0 Å². The Balaban J connectivity index is 2.25. The van der Waals surface area contributed by atoms with Gasteiger partial charge >= 0.3 is 0 Å². The van der Waals surface area contributed by atoms with Crippen molar-refractivity contribution in [3.63, 3.8) is 0 Å². The summed E-state index contributed by atoms with van der Waals surface area (Å²) >= 11 is 0. The monoisotopic (exact) mass is 324 g/mol. The fourth-order valence-corrected chi connectivity index (χ4v) is 2.82. The van der Waals surface area contributed by atoms with Crippen LogP contribution in [0.3, 0.4) is 0 Å². The molecular weight excluding hydrogens is 304 g/mol. The summed E-state index contributed by atoms with van der Waals surface area (Å²) < 4.78 is 31.7. The molecule has 2 aromatic rings. The van der Waals surface area contributed by atoms with E-state index in [4.69, 9.17) is 0 Å². The molecule has 22 heavy (non-hydrogen) atoms. The lowest BCUT2D eigenvalue weighted by Crippen LogP contribution is -2.17. The molecule has 2 heterocycles. The molecule has 0 aromatic carbocycles. The van der Waals surface area contributed by atoms with Crippen LogP contribution in [0.15, 0.2) is 27.9 Å². The number of nitrogens with one attached hydrogen (secondary N) is 1. The van der Waals surface area contributed by atoms with Crippen LogP contribution >= 0.6 is 0 Å². The van der Waals surface area contributed by atoms with Crippen molar-refractivity contribution >= 4 is 15.8 Å². The fraction of sp³-hybridized carbons (Fsp3) is 0.500. The number of sulfonamides is 1. The van der Waals surface area contributed by atoms with Gasteiger partial charge in [-0.1, -0.05) is 39.3 Å². The van der Waals surface area contributed by atoms with Gasteiger partial charge in [-0.25, -0.2) is 13.0 Å². The minimum Gasteiger partial charge on any atom is -0.259 e. The molecule has 0 unspecified atom stereocenters. The van der Waals surface area contributed by atoms with Crippen molar-refractivity contribution in [2.75, 3.05) is 4.72 Å². The average Bonchev–Trinajstić information content (AvgIpc) is 2.85. The summed E-state index contributed by atoms with van der Waals surface area (Å²) in [4.78, 5) is 4.30. The zero-order chi connectivity index (χ0) is 16.4. The van der Waals surface area contributed by atoms with E-state index in [1.165, 1.54) is 12.3 Å². The molecule has 0 saturated heterocycles. The molecule has 0 fully saturated rings. The molecule has 2 aromatic heterocycles. The van der Waals surface area contributed by atoms with Gasteiger partial charge in [0.1, 0.15) is 10.6 Å². The number of anilines is 1. The predicted octanol–water partition coefficient (Wildman–Crippen LogP) is 2.52. The summed E-state index contributed by atoms with van der Waals surface area (Å²) in [6, 6.07) is 3.24. The molecule has 0 aliphatic carbocycles. The van der Waals surface area contributed by atoms with Crippen LogP contribution in [0.2, 0.25) is 0 Å². The molecule has 2 rings (SSSR count). The topological polar surface area (TPSA) is 98.0 Å². The summed E-state index contributed by atoms with van der Waals surface area (Å²) in [6.45, 7) is 8.00. The van der Waals surface area contributed by atoms with Crippen LogP contribution in [0.1, 0.15) is 45.5 Å². The quantitative estimate of drug-likeness (QED) is 0.907. The number of hydrogen-bond donors (Lipinski definition) is 1. The first-order valence-electron chi connectivity index (χ1n) is 7.05. The van der Waals surface area contributed by atoms with Crippen LogP contribution in [0.25, 0.3) is 0 Å². The first kappa shape index (κ1) is 16.4. The average molecular weight is 324 g/mol. The van der Waals surface area contributed by atoms with E-state index in [0.717, 1.165) is 12.1 Å². The number of hydrogen-bond acceptors (Lipinski definition) is 6. The summed E-state index contributed by atoms with van der Waals surface area (Å²) in [6.07, 6.45) is 2.74. The number of aromatic nitrogens is 3. The van der Waals surface area contributed by atoms with Gasteiger partial charge in [-0.3, -0.25) is 9.71 Å². The largest absolute Gasteiger partial charge is 0.264 e. The highest BCUT2D eigenvalue weighted by Gasteiger charge is 2.21. The van der Waals surface area contributed by atoms with Crippen molar-refractivity contribution in [3.8, 4) is 0 Å². The highest BCUT2D eigenvalue weighted by Crippen LogP contribution is 2.22. The van der Waals surface area contributed by atoms with Gasteiger partial charge < -0.3 is 0 Å². The molecule has 0 atom stereocenters. The van der Waals surface area contributed by atoms with Gasteiger partial charge in [-0.2, -0.15) is 0 Å². The molecule has 0 radical (unpaired) electrons. The van der Waals surface area contributed by atoms with Gasteiger partial charge in [-0.15, -0.1) is 0 Å². The second kappa shape index (κ2) is 6.04. The van der Waals surface area contributed by atoms with Gasteiger partial charge in [0.2, 0.25) is 5.82 Å². The lowest BCUT2D eigenvalue weighted by atomic mass is 9.92. The third-order valence-corrected chi connectivity index (χ3v) is 4.41. The maximum atomic E-state index is 12.4.